The molecule has 0 unspecified atom stereocenters. The molecule has 1 aromatic heterocycles. The number of thiophene rings is 1. The second-order valence-electron chi connectivity index (χ2n) is 2.83. The van der Waals surface area contributed by atoms with E-state index in [-0.39, 0.29) is 5.02 Å². The molecule has 0 spiro atoms. The van der Waals surface area contributed by atoms with E-state index in [9.17, 15) is 13.2 Å². The summed E-state index contributed by atoms with van der Waals surface area (Å²) in [5.74, 6) is 0. The van der Waals surface area contributed by atoms with E-state index in [0.29, 0.717) is 10.8 Å². The Labute approximate surface area is 86.9 Å². The van der Waals surface area contributed by atoms with Gasteiger partial charge < -0.3 is 0 Å². The lowest BCUT2D eigenvalue weighted by molar-refractivity contribution is -0.137. The molecular formula is C9H4ClF3S. The third kappa shape index (κ3) is 1.60. The number of alkyl halides is 3. The van der Waals surface area contributed by atoms with E-state index in [1.54, 1.807) is 10.8 Å². The summed E-state index contributed by atoms with van der Waals surface area (Å²) in [5, 5.41) is 4.74. The highest BCUT2D eigenvalue weighted by Gasteiger charge is 2.31. The molecule has 0 aliphatic heterocycles. The van der Waals surface area contributed by atoms with Gasteiger partial charge in [-0.1, -0.05) is 11.6 Å². The molecule has 0 radical (unpaired) electrons. The number of fused-ring (bicyclic) bond motifs is 1. The van der Waals surface area contributed by atoms with Gasteiger partial charge in [0.15, 0.2) is 0 Å². The van der Waals surface area contributed by atoms with Crippen molar-refractivity contribution in [2.75, 3.05) is 0 Å². The summed E-state index contributed by atoms with van der Waals surface area (Å²) < 4.78 is 37.0. The topological polar surface area (TPSA) is 0 Å². The van der Waals surface area contributed by atoms with Crippen LogP contribution in [0.1, 0.15) is 5.56 Å². The molecule has 14 heavy (non-hydrogen) atoms. The zero-order valence-corrected chi connectivity index (χ0v) is 8.30. The molecule has 0 saturated carbocycles. The molecule has 0 aliphatic carbocycles. The van der Waals surface area contributed by atoms with Crippen molar-refractivity contribution in [1.82, 2.24) is 0 Å². The van der Waals surface area contributed by atoms with E-state index in [1.807, 2.05) is 0 Å². The van der Waals surface area contributed by atoms with Crippen LogP contribution in [-0.4, -0.2) is 0 Å². The van der Waals surface area contributed by atoms with Crippen molar-refractivity contribution in [2.24, 2.45) is 0 Å². The Hall–Kier alpha value is -0.740. The van der Waals surface area contributed by atoms with E-state index < -0.39 is 11.7 Å². The number of benzene rings is 1. The van der Waals surface area contributed by atoms with Gasteiger partial charge >= 0.3 is 6.18 Å². The maximum absolute atomic E-state index is 12.3. The fourth-order valence-electron chi connectivity index (χ4n) is 1.20. The number of rotatable bonds is 0. The molecule has 0 amide bonds. The normalized spacial score (nSPS) is 12.3. The fourth-order valence-corrected chi connectivity index (χ4v) is 2.35. The molecule has 0 atom stereocenters. The Morgan fingerprint density at radius 3 is 2.50 bits per heavy atom. The zero-order chi connectivity index (χ0) is 10.3. The standard InChI is InChI=1S/C9H4ClF3S/c10-8-2-6(9(11,12)13)1-5-3-14-4-7(5)8/h1-4H. The first-order chi connectivity index (χ1) is 6.48. The Balaban J connectivity index is 2.70. The van der Waals surface area contributed by atoms with Crippen LogP contribution in [0.3, 0.4) is 0 Å². The molecule has 0 fully saturated rings. The molecule has 2 aromatic rings. The Morgan fingerprint density at radius 1 is 1.14 bits per heavy atom. The molecule has 2 rings (SSSR count). The summed E-state index contributed by atoms with van der Waals surface area (Å²) in [6, 6.07) is 2.06. The maximum atomic E-state index is 12.3. The lowest BCUT2D eigenvalue weighted by Gasteiger charge is -2.07. The van der Waals surface area contributed by atoms with E-state index in [0.717, 1.165) is 12.1 Å². The Kier molecular flexibility index (Phi) is 2.20. The predicted octanol–water partition coefficient (Wildman–Crippen LogP) is 4.57. The van der Waals surface area contributed by atoms with Gasteiger partial charge in [0.25, 0.3) is 0 Å². The summed E-state index contributed by atoms with van der Waals surface area (Å²) in [6.07, 6.45) is -4.33. The summed E-state index contributed by atoms with van der Waals surface area (Å²) in [6.45, 7) is 0. The van der Waals surface area contributed by atoms with Crippen LogP contribution in [0.5, 0.6) is 0 Å². The quantitative estimate of drug-likeness (QED) is 0.628. The third-order valence-electron chi connectivity index (χ3n) is 1.87. The summed E-state index contributed by atoms with van der Waals surface area (Å²) in [7, 11) is 0. The lowest BCUT2D eigenvalue weighted by atomic mass is 10.1. The first kappa shape index (κ1) is 9.80. The van der Waals surface area contributed by atoms with Gasteiger partial charge in [0.1, 0.15) is 0 Å². The van der Waals surface area contributed by atoms with Gasteiger partial charge in [-0.05, 0) is 22.9 Å². The highest BCUT2D eigenvalue weighted by Crippen LogP contribution is 2.36. The Morgan fingerprint density at radius 2 is 1.86 bits per heavy atom. The minimum atomic E-state index is -4.33. The van der Waals surface area contributed by atoms with Crippen LogP contribution in [0.25, 0.3) is 10.8 Å². The molecule has 74 valence electrons. The summed E-state index contributed by atoms with van der Waals surface area (Å²) >= 11 is 7.05. The molecule has 0 nitrogen and oxygen atoms in total. The summed E-state index contributed by atoms with van der Waals surface area (Å²) in [5.41, 5.74) is -0.701. The molecule has 1 heterocycles. The van der Waals surface area contributed by atoms with Crippen LogP contribution >= 0.6 is 22.9 Å². The Bertz CT molecular complexity index is 472. The molecule has 1 aromatic carbocycles. The largest absolute Gasteiger partial charge is 0.416 e. The van der Waals surface area contributed by atoms with Crippen molar-refractivity contribution in [3.05, 3.63) is 33.5 Å². The van der Waals surface area contributed by atoms with Crippen molar-refractivity contribution in [2.45, 2.75) is 6.18 Å². The van der Waals surface area contributed by atoms with Crippen molar-refractivity contribution in [3.8, 4) is 0 Å². The molecule has 0 bridgehead atoms. The molecule has 0 saturated heterocycles. The van der Waals surface area contributed by atoms with Gasteiger partial charge in [0.05, 0.1) is 5.56 Å². The second-order valence-corrected chi connectivity index (χ2v) is 3.98. The van der Waals surface area contributed by atoms with E-state index in [4.69, 9.17) is 11.6 Å². The van der Waals surface area contributed by atoms with Crippen molar-refractivity contribution in [1.29, 1.82) is 0 Å². The average Bonchev–Trinajstić information content (AvgIpc) is 2.50. The van der Waals surface area contributed by atoms with Gasteiger partial charge in [0, 0.05) is 15.8 Å². The zero-order valence-electron chi connectivity index (χ0n) is 6.73. The van der Waals surface area contributed by atoms with Crippen molar-refractivity contribution in [3.63, 3.8) is 0 Å². The summed E-state index contributed by atoms with van der Waals surface area (Å²) in [4.78, 5) is 0. The van der Waals surface area contributed by atoms with Crippen molar-refractivity contribution >= 4 is 33.7 Å². The average molecular weight is 237 g/mol. The van der Waals surface area contributed by atoms with E-state index in [2.05, 4.69) is 0 Å². The lowest BCUT2D eigenvalue weighted by Crippen LogP contribution is -2.04. The molecule has 5 heteroatoms. The van der Waals surface area contributed by atoms with Gasteiger partial charge in [-0.15, -0.1) is 0 Å². The SMILES string of the molecule is FC(F)(F)c1cc(Cl)c2cscc2c1. The van der Waals surface area contributed by atoms with Gasteiger partial charge in [-0.2, -0.15) is 24.5 Å². The third-order valence-corrected chi connectivity index (χ3v) is 2.94. The van der Waals surface area contributed by atoms with E-state index in [1.165, 1.54) is 11.3 Å². The van der Waals surface area contributed by atoms with Crippen LogP contribution in [0, 0.1) is 0 Å². The maximum Gasteiger partial charge on any atom is 0.416 e. The van der Waals surface area contributed by atoms with Gasteiger partial charge in [-0.25, -0.2) is 0 Å². The highest BCUT2D eigenvalue weighted by molar-refractivity contribution is 7.09. The van der Waals surface area contributed by atoms with Crippen LogP contribution in [0.4, 0.5) is 13.2 Å². The highest BCUT2D eigenvalue weighted by atomic mass is 35.5. The molecule has 0 aliphatic rings. The fraction of sp³-hybridized carbons (Fsp3) is 0.111. The van der Waals surface area contributed by atoms with Crippen LogP contribution < -0.4 is 0 Å². The van der Waals surface area contributed by atoms with Gasteiger partial charge in [-0.3, -0.25) is 0 Å². The molecule has 0 N–H and O–H groups in total. The predicted molar refractivity (Wildman–Crippen MR) is 51.8 cm³/mol. The minimum absolute atomic E-state index is 0.149. The first-order valence-electron chi connectivity index (χ1n) is 3.71. The van der Waals surface area contributed by atoms with Gasteiger partial charge in [0.2, 0.25) is 0 Å². The first-order valence-corrected chi connectivity index (χ1v) is 5.03. The van der Waals surface area contributed by atoms with Crippen molar-refractivity contribution < 1.29 is 13.2 Å². The van der Waals surface area contributed by atoms with Crippen LogP contribution in [-0.2, 0) is 6.18 Å². The van der Waals surface area contributed by atoms with E-state index >= 15 is 0 Å². The van der Waals surface area contributed by atoms with Crippen LogP contribution in [0.15, 0.2) is 22.9 Å². The van der Waals surface area contributed by atoms with Crippen LogP contribution in [0.2, 0.25) is 5.02 Å². The minimum Gasteiger partial charge on any atom is -0.166 e. The second kappa shape index (κ2) is 3.14. The number of hydrogen-bond acceptors (Lipinski definition) is 1. The smallest absolute Gasteiger partial charge is 0.166 e. The number of halogens is 4. The monoisotopic (exact) mass is 236 g/mol. The number of hydrogen-bond donors (Lipinski definition) is 0. The molecular weight excluding hydrogens is 233 g/mol.